The maximum atomic E-state index is 11.7. The van der Waals surface area contributed by atoms with Gasteiger partial charge in [0.1, 0.15) is 6.04 Å². The number of carbonyl (C=O) groups is 2. The van der Waals surface area contributed by atoms with Gasteiger partial charge in [-0.3, -0.25) is 0 Å². The van der Waals surface area contributed by atoms with E-state index < -0.39 is 30.2 Å². The quantitative estimate of drug-likeness (QED) is 0.425. The van der Waals surface area contributed by atoms with Gasteiger partial charge in [0, 0.05) is 12.6 Å². The van der Waals surface area contributed by atoms with Crippen LogP contribution in [0.15, 0.2) is 0 Å². The lowest BCUT2D eigenvalue weighted by Crippen LogP contribution is -2.52. The molecule has 124 valence electrons. The van der Waals surface area contributed by atoms with Gasteiger partial charge in [-0.25, -0.2) is 9.59 Å². The number of nitrogens with one attached hydrogen (secondary N) is 2. The van der Waals surface area contributed by atoms with Crippen LogP contribution >= 0.6 is 0 Å². The van der Waals surface area contributed by atoms with E-state index in [1.54, 1.807) is 6.92 Å². The Kier molecular flexibility index (Phi) is 8.96. The Hall–Kier alpha value is -1.34. The largest absolute Gasteiger partial charge is 0.480 e. The smallest absolute Gasteiger partial charge is 0.326 e. The average molecular weight is 303 g/mol. The number of urea groups is 1. The van der Waals surface area contributed by atoms with E-state index in [1.165, 1.54) is 0 Å². The van der Waals surface area contributed by atoms with Crippen molar-refractivity contribution in [2.45, 2.75) is 58.7 Å². The van der Waals surface area contributed by atoms with Gasteiger partial charge in [0.05, 0.1) is 6.10 Å². The average Bonchev–Trinajstić information content (AvgIpc) is 2.39. The zero-order valence-corrected chi connectivity index (χ0v) is 13.3. The molecule has 0 aromatic heterocycles. The van der Waals surface area contributed by atoms with Crippen molar-refractivity contribution < 1.29 is 19.8 Å². The van der Waals surface area contributed by atoms with E-state index in [4.69, 9.17) is 10.8 Å². The molecule has 6 N–H and O–H groups in total. The number of hydrogen-bond donors (Lipinski definition) is 5. The minimum absolute atomic E-state index is 0.00738. The molecular formula is C14H29N3O4. The first-order chi connectivity index (χ1) is 9.68. The van der Waals surface area contributed by atoms with Crippen LogP contribution in [0.2, 0.25) is 0 Å². The first-order valence-electron chi connectivity index (χ1n) is 7.39. The van der Waals surface area contributed by atoms with Crippen LogP contribution in [-0.2, 0) is 4.79 Å². The minimum atomic E-state index is -1.07. The van der Waals surface area contributed by atoms with Crippen LogP contribution in [0, 0.1) is 11.8 Å². The van der Waals surface area contributed by atoms with E-state index >= 15 is 0 Å². The number of carbonyl (C=O) groups excluding carboxylic acids is 1. The summed E-state index contributed by atoms with van der Waals surface area (Å²) in [4.78, 5) is 22.8. The Labute approximate surface area is 126 Å². The normalized spacial score (nSPS) is 16.9. The van der Waals surface area contributed by atoms with Crippen molar-refractivity contribution in [2.24, 2.45) is 17.6 Å². The van der Waals surface area contributed by atoms with Crippen LogP contribution in [0.4, 0.5) is 4.79 Å². The monoisotopic (exact) mass is 303 g/mol. The van der Waals surface area contributed by atoms with Gasteiger partial charge in [-0.2, -0.15) is 0 Å². The Bertz CT molecular complexity index is 336. The summed E-state index contributed by atoms with van der Waals surface area (Å²) < 4.78 is 0. The molecule has 0 aromatic carbocycles. The topological polar surface area (TPSA) is 125 Å². The molecular weight excluding hydrogens is 274 g/mol. The third-order valence-corrected chi connectivity index (χ3v) is 3.48. The molecule has 7 nitrogen and oxygen atoms in total. The van der Waals surface area contributed by atoms with Gasteiger partial charge < -0.3 is 26.6 Å². The lowest BCUT2D eigenvalue weighted by Gasteiger charge is -2.23. The van der Waals surface area contributed by atoms with E-state index in [0.29, 0.717) is 18.8 Å². The molecule has 7 heteroatoms. The van der Waals surface area contributed by atoms with E-state index in [0.717, 1.165) is 0 Å². The van der Waals surface area contributed by atoms with E-state index in [9.17, 15) is 14.7 Å². The summed E-state index contributed by atoms with van der Waals surface area (Å²) in [7, 11) is 0. The molecule has 0 aliphatic rings. The summed E-state index contributed by atoms with van der Waals surface area (Å²) in [5, 5.41) is 23.8. The number of amides is 2. The van der Waals surface area contributed by atoms with E-state index in [2.05, 4.69) is 10.6 Å². The number of rotatable bonds is 9. The Morgan fingerprint density at radius 1 is 1.24 bits per heavy atom. The molecule has 0 aliphatic heterocycles. The van der Waals surface area contributed by atoms with Gasteiger partial charge in [0.15, 0.2) is 0 Å². The van der Waals surface area contributed by atoms with Gasteiger partial charge in [-0.05, 0) is 18.3 Å². The molecule has 0 bridgehead atoms. The predicted octanol–water partition coefficient (Wildman–Crippen LogP) is 0.519. The molecule has 0 fully saturated rings. The van der Waals surface area contributed by atoms with Crippen molar-refractivity contribution in [3.63, 3.8) is 0 Å². The molecule has 0 saturated heterocycles. The van der Waals surface area contributed by atoms with Crippen LogP contribution < -0.4 is 16.4 Å². The second kappa shape index (κ2) is 9.57. The summed E-state index contributed by atoms with van der Waals surface area (Å²) in [6, 6.07) is -1.98. The lowest BCUT2D eigenvalue weighted by atomic mass is 9.99. The Morgan fingerprint density at radius 2 is 1.81 bits per heavy atom. The standard InChI is InChI=1S/C14H29N3O4/c1-5-9(4)12(13(19)20)17-14(21)16-7-11(18)10(15)6-8(2)3/h8-12,18H,5-7,15H2,1-4H3,(H,19,20)(H2,16,17,21)/t9-,10-,11?,12-/m0/s1. The summed E-state index contributed by atoms with van der Waals surface area (Å²) >= 11 is 0. The Balaban J connectivity index is 4.27. The highest BCUT2D eigenvalue weighted by atomic mass is 16.4. The number of nitrogens with two attached hydrogens (primary N) is 1. The molecule has 21 heavy (non-hydrogen) atoms. The maximum Gasteiger partial charge on any atom is 0.326 e. The number of aliphatic hydroxyl groups is 1. The molecule has 0 heterocycles. The maximum absolute atomic E-state index is 11.7. The van der Waals surface area contributed by atoms with Gasteiger partial charge in [-0.1, -0.05) is 34.1 Å². The third-order valence-electron chi connectivity index (χ3n) is 3.48. The van der Waals surface area contributed by atoms with Crippen molar-refractivity contribution in [3.8, 4) is 0 Å². The fourth-order valence-electron chi connectivity index (χ4n) is 1.93. The van der Waals surface area contributed by atoms with Crippen LogP contribution in [-0.4, -0.2) is 46.9 Å². The third kappa shape index (κ3) is 7.87. The van der Waals surface area contributed by atoms with Gasteiger partial charge in [0.25, 0.3) is 0 Å². The van der Waals surface area contributed by atoms with Gasteiger partial charge in [0.2, 0.25) is 0 Å². The molecule has 0 spiro atoms. The molecule has 0 rings (SSSR count). The SMILES string of the molecule is CC[C@H](C)[C@H](NC(=O)NCC(O)[C@@H](N)CC(C)C)C(=O)O. The second-order valence-corrected chi connectivity index (χ2v) is 5.92. The zero-order valence-electron chi connectivity index (χ0n) is 13.3. The summed E-state index contributed by atoms with van der Waals surface area (Å²) in [5.41, 5.74) is 5.81. The van der Waals surface area contributed by atoms with Crippen molar-refractivity contribution in [3.05, 3.63) is 0 Å². The fourth-order valence-corrected chi connectivity index (χ4v) is 1.93. The van der Waals surface area contributed by atoms with Crippen LogP contribution in [0.3, 0.4) is 0 Å². The van der Waals surface area contributed by atoms with Gasteiger partial charge in [-0.15, -0.1) is 0 Å². The van der Waals surface area contributed by atoms with Gasteiger partial charge >= 0.3 is 12.0 Å². The molecule has 4 atom stereocenters. The molecule has 0 radical (unpaired) electrons. The van der Waals surface area contributed by atoms with Crippen molar-refractivity contribution in [2.75, 3.05) is 6.54 Å². The van der Waals surface area contributed by atoms with Crippen LogP contribution in [0.25, 0.3) is 0 Å². The van der Waals surface area contributed by atoms with Crippen molar-refractivity contribution >= 4 is 12.0 Å². The highest BCUT2D eigenvalue weighted by Crippen LogP contribution is 2.08. The zero-order chi connectivity index (χ0) is 16.6. The summed E-state index contributed by atoms with van der Waals surface area (Å²) in [6.07, 6.45) is 0.429. The predicted molar refractivity (Wildman–Crippen MR) is 80.9 cm³/mol. The molecule has 1 unspecified atom stereocenters. The van der Waals surface area contributed by atoms with Crippen molar-refractivity contribution in [1.82, 2.24) is 10.6 Å². The number of aliphatic hydroxyl groups excluding tert-OH is 1. The van der Waals surface area contributed by atoms with E-state index in [1.807, 2.05) is 20.8 Å². The summed E-state index contributed by atoms with van der Waals surface area (Å²) in [6.45, 7) is 7.60. The summed E-state index contributed by atoms with van der Waals surface area (Å²) in [5.74, 6) is -0.900. The number of aliphatic carboxylic acids is 1. The number of hydrogen-bond acceptors (Lipinski definition) is 4. The molecule has 0 aliphatic carbocycles. The first-order valence-corrected chi connectivity index (χ1v) is 7.39. The molecule has 2 amide bonds. The highest BCUT2D eigenvalue weighted by Gasteiger charge is 2.25. The Morgan fingerprint density at radius 3 is 2.24 bits per heavy atom. The van der Waals surface area contributed by atoms with Crippen molar-refractivity contribution in [1.29, 1.82) is 0 Å². The van der Waals surface area contributed by atoms with Crippen LogP contribution in [0.1, 0.15) is 40.5 Å². The molecule has 0 saturated carbocycles. The highest BCUT2D eigenvalue weighted by molar-refractivity contribution is 5.82. The van der Waals surface area contributed by atoms with E-state index in [-0.39, 0.29) is 12.5 Å². The number of carboxylic acid groups (broad SMARTS) is 1. The molecule has 0 aromatic rings. The minimum Gasteiger partial charge on any atom is -0.480 e. The van der Waals surface area contributed by atoms with Crippen LogP contribution in [0.5, 0.6) is 0 Å². The number of carboxylic acids is 1. The fraction of sp³-hybridized carbons (Fsp3) is 0.857. The second-order valence-electron chi connectivity index (χ2n) is 5.92. The first kappa shape index (κ1) is 19.7. The lowest BCUT2D eigenvalue weighted by molar-refractivity contribution is -0.140.